The topological polar surface area (TPSA) is 17.1 Å². The number of hydrogen-bond donors (Lipinski definition) is 0. The second-order valence-corrected chi connectivity index (χ2v) is 3.28. The molecule has 1 aliphatic carbocycles. The number of allylic oxidation sites excluding steroid dienone is 1. The molecule has 1 saturated carbocycles. The van der Waals surface area contributed by atoms with Crippen molar-refractivity contribution in [1.29, 1.82) is 0 Å². The summed E-state index contributed by atoms with van der Waals surface area (Å²) in [7, 11) is 0. The van der Waals surface area contributed by atoms with Gasteiger partial charge in [-0.05, 0) is 25.2 Å². The first-order valence-corrected chi connectivity index (χ1v) is 3.82. The van der Waals surface area contributed by atoms with Crippen LogP contribution in [0.3, 0.4) is 0 Å². The summed E-state index contributed by atoms with van der Waals surface area (Å²) in [5.74, 6) is 0.616. The van der Waals surface area contributed by atoms with Gasteiger partial charge >= 0.3 is 0 Å². The Balaban J connectivity index is 2.36. The molecule has 2 unspecified atom stereocenters. The highest BCUT2D eigenvalue weighted by atomic mass is 16.1. The monoisotopic (exact) mass is 138 g/mol. The Labute approximate surface area is 62.1 Å². The molecule has 1 rings (SSSR count). The van der Waals surface area contributed by atoms with Crippen LogP contribution in [0.2, 0.25) is 0 Å². The fourth-order valence-corrected chi connectivity index (χ4v) is 1.45. The number of carbonyl (C=O) groups excluding carboxylic acids is 1. The lowest BCUT2D eigenvalue weighted by Gasteiger charge is -2.03. The maximum atomic E-state index is 10.6. The first kappa shape index (κ1) is 7.52. The van der Waals surface area contributed by atoms with Crippen LogP contribution in [0.4, 0.5) is 0 Å². The van der Waals surface area contributed by atoms with Crippen LogP contribution in [0.5, 0.6) is 0 Å². The predicted molar refractivity (Wildman–Crippen MR) is 41.7 cm³/mol. The molecule has 0 amide bonds. The summed E-state index contributed by atoms with van der Waals surface area (Å²) in [6.07, 6.45) is 6.08. The van der Waals surface area contributed by atoms with Crippen molar-refractivity contribution in [3.8, 4) is 0 Å². The van der Waals surface area contributed by atoms with Crippen molar-refractivity contribution in [1.82, 2.24) is 0 Å². The molecule has 1 fully saturated rings. The van der Waals surface area contributed by atoms with Gasteiger partial charge in [0.1, 0.15) is 6.29 Å². The summed E-state index contributed by atoms with van der Waals surface area (Å²) in [4.78, 5) is 10.6. The molecule has 0 radical (unpaired) electrons. The molecule has 1 heteroatoms. The summed E-state index contributed by atoms with van der Waals surface area (Å²) in [6, 6.07) is 0. The van der Waals surface area contributed by atoms with Gasteiger partial charge < -0.3 is 4.79 Å². The van der Waals surface area contributed by atoms with Crippen LogP contribution in [0.1, 0.15) is 26.2 Å². The summed E-state index contributed by atoms with van der Waals surface area (Å²) in [5, 5.41) is 0. The van der Waals surface area contributed by atoms with Gasteiger partial charge in [-0.3, -0.25) is 0 Å². The van der Waals surface area contributed by atoms with E-state index in [1.165, 1.54) is 0 Å². The van der Waals surface area contributed by atoms with E-state index in [9.17, 15) is 4.79 Å². The average Bonchev–Trinajstić information content (AvgIpc) is 2.59. The van der Waals surface area contributed by atoms with Gasteiger partial charge in [-0.15, -0.1) is 6.58 Å². The van der Waals surface area contributed by atoms with Crippen LogP contribution < -0.4 is 0 Å². The largest absolute Gasteiger partial charge is 0.303 e. The third-order valence-corrected chi connectivity index (χ3v) is 2.56. The fraction of sp³-hybridized carbons (Fsp3) is 0.667. The molecule has 2 atom stereocenters. The minimum atomic E-state index is 0.0498. The van der Waals surface area contributed by atoms with Crippen molar-refractivity contribution in [3.63, 3.8) is 0 Å². The molecule has 56 valence electrons. The number of aldehydes is 1. The maximum absolute atomic E-state index is 10.6. The van der Waals surface area contributed by atoms with Crippen molar-refractivity contribution < 1.29 is 4.79 Å². The zero-order valence-electron chi connectivity index (χ0n) is 6.47. The molecular formula is C9H14O. The zero-order valence-corrected chi connectivity index (χ0v) is 6.47. The molecule has 0 aliphatic heterocycles. The van der Waals surface area contributed by atoms with Gasteiger partial charge in [0.15, 0.2) is 0 Å². The van der Waals surface area contributed by atoms with E-state index in [-0.39, 0.29) is 5.41 Å². The second kappa shape index (κ2) is 2.57. The summed E-state index contributed by atoms with van der Waals surface area (Å²) < 4.78 is 0. The van der Waals surface area contributed by atoms with E-state index >= 15 is 0 Å². The van der Waals surface area contributed by atoms with Gasteiger partial charge in [-0.25, -0.2) is 0 Å². The van der Waals surface area contributed by atoms with Crippen molar-refractivity contribution in [3.05, 3.63) is 12.7 Å². The minimum Gasteiger partial charge on any atom is -0.303 e. The number of carbonyl (C=O) groups is 1. The van der Waals surface area contributed by atoms with E-state index in [0.29, 0.717) is 5.92 Å². The van der Waals surface area contributed by atoms with Gasteiger partial charge in [0.05, 0.1) is 0 Å². The summed E-state index contributed by atoms with van der Waals surface area (Å²) in [6.45, 7) is 5.77. The number of rotatable bonds is 4. The van der Waals surface area contributed by atoms with Crippen LogP contribution >= 0.6 is 0 Å². The first-order valence-electron chi connectivity index (χ1n) is 3.82. The third kappa shape index (κ3) is 1.13. The first-order chi connectivity index (χ1) is 4.75. The van der Waals surface area contributed by atoms with Crippen LogP contribution in [-0.2, 0) is 4.79 Å². The lowest BCUT2D eigenvalue weighted by Crippen LogP contribution is -2.03. The summed E-state index contributed by atoms with van der Waals surface area (Å²) in [5.41, 5.74) is 0.0498. The van der Waals surface area contributed by atoms with E-state index in [4.69, 9.17) is 0 Å². The molecule has 0 bridgehead atoms. The van der Waals surface area contributed by atoms with Gasteiger partial charge in [0, 0.05) is 5.41 Å². The molecule has 10 heavy (non-hydrogen) atoms. The molecule has 0 aromatic rings. The normalized spacial score (nSPS) is 37.1. The number of hydrogen-bond acceptors (Lipinski definition) is 1. The Morgan fingerprint density at radius 2 is 2.40 bits per heavy atom. The fourth-order valence-electron chi connectivity index (χ4n) is 1.45. The Kier molecular flexibility index (Phi) is 1.93. The highest BCUT2D eigenvalue weighted by Crippen LogP contribution is 2.53. The molecule has 0 aromatic carbocycles. The van der Waals surface area contributed by atoms with Gasteiger partial charge in [0.2, 0.25) is 0 Å². The molecule has 1 aliphatic rings. The standard InChI is InChI=1S/C9H14O/c1-3-4-5-9(7-10)6-8(9)2/h3,7-8H,1,4-6H2,2H3. The zero-order chi connectivity index (χ0) is 7.61. The Hall–Kier alpha value is -0.590. The quantitative estimate of drug-likeness (QED) is 0.430. The second-order valence-electron chi connectivity index (χ2n) is 3.28. The Morgan fingerprint density at radius 1 is 1.80 bits per heavy atom. The lowest BCUT2D eigenvalue weighted by molar-refractivity contribution is -0.112. The van der Waals surface area contributed by atoms with E-state index < -0.39 is 0 Å². The highest BCUT2D eigenvalue weighted by molar-refractivity contribution is 5.64. The van der Waals surface area contributed by atoms with Gasteiger partial charge in [0.25, 0.3) is 0 Å². The molecule has 0 heterocycles. The van der Waals surface area contributed by atoms with E-state index in [1.54, 1.807) is 0 Å². The maximum Gasteiger partial charge on any atom is 0.126 e. The molecular weight excluding hydrogens is 124 g/mol. The van der Waals surface area contributed by atoms with Crippen molar-refractivity contribution >= 4 is 6.29 Å². The SMILES string of the molecule is C=CCCC1(C=O)CC1C. The highest BCUT2D eigenvalue weighted by Gasteiger charge is 2.49. The van der Waals surface area contributed by atoms with Crippen LogP contribution in [0.25, 0.3) is 0 Å². The van der Waals surface area contributed by atoms with Crippen LogP contribution in [-0.4, -0.2) is 6.29 Å². The average molecular weight is 138 g/mol. The molecule has 0 saturated heterocycles. The molecule has 0 spiro atoms. The van der Waals surface area contributed by atoms with Crippen molar-refractivity contribution in [2.24, 2.45) is 11.3 Å². The Bertz CT molecular complexity index is 151. The molecule has 0 aromatic heterocycles. The van der Waals surface area contributed by atoms with Gasteiger partial charge in [-0.2, -0.15) is 0 Å². The van der Waals surface area contributed by atoms with E-state index in [2.05, 4.69) is 13.5 Å². The van der Waals surface area contributed by atoms with Crippen molar-refractivity contribution in [2.45, 2.75) is 26.2 Å². The minimum absolute atomic E-state index is 0.0498. The summed E-state index contributed by atoms with van der Waals surface area (Å²) >= 11 is 0. The molecule has 0 N–H and O–H groups in total. The van der Waals surface area contributed by atoms with E-state index in [0.717, 1.165) is 25.5 Å². The van der Waals surface area contributed by atoms with Crippen LogP contribution in [0, 0.1) is 11.3 Å². The Morgan fingerprint density at radius 3 is 2.70 bits per heavy atom. The third-order valence-electron chi connectivity index (χ3n) is 2.56. The van der Waals surface area contributed by atoms with Crippen LogP contribution in [0.15, 0.2) is 12.7 Å². The predicted octanol–water partition coefficient (Wildman–Crippen LogP) is 2.18. The molecule has 1 nitrogen and oxygen atoms in total. The van der Waals surface area contributed by atoms with Crippen molar-refractivity contribution in [2.75, 3.05) is 0 Å². The lowest BCUT2D eigenvalue weighted by atomic mass is 10.00. The van der Waals surface area contributed by atoms with Gasteiger partial charge in [-0.1, -0.05) is 13.0 Å². The smallest absolute Gasteiger partial charge is 0.126 e. The van der Waals surface area contributed by atoms with E-state index in [1.807, 2.05) is 6.08 Å².